The maximum absolute atomic E-state index is 12.2. The predicted octanol–water partition coefficient (Wildman–Crippen LogP) is 1.27. The van der Waals surface area contributed by atoms with Crippen LogP contribution in [0.3, 0.4) is 0 Å². The van der Waals surface area contributed by atoms with Crippen LogP contribution < -0.4 is 5.43 Å². The van der Waals surface area contributed by atoms with Crippen molar-refractivity contribution in [2.45, 2.75) is 19.1 Å². The van der Waals surface area contributed by atoms with Gasteiger partial charge in [-0.25, -0.2) is 4.79 Å². The zero-order valence-electron chi connectivity index (χ0n) is 11.8. The van der Waals surface area contributed by atoms with Crippen molar-refractivity contribution in [3.63, 3.8) is 0 Å². The summed E-state index contributed by atoms with van der Waals surface area (Å²) in [6, 6.07) is 6.23. The van der Waals surface area contributed by atoms with Crippen LogP contribution in [-0.4, -0.2) is 40.6 Å². The highest BCUT2D eigenvalue weighted by atomic mass is 16.5. The first-order chi connectivity index (χ1) is 10.0. The average Bonchev–Trinajstić information content (AvgIpc) is 2.49. The Balaban J connectivity index is 2.81. The summed E-state index contributed by atoms with van der Waals surface area (Å²) in [4.78, 5) is 23.4. The van der Waals surface area contributed by atoms with Crippen LogP contribution in [0.1, 0.15) is 23.3 Å². The molecule has 1 heterocycles. The highest BCUT2D eigenvalue weighted by Crippen LogP contribution is 2.21. The Bertz CT molecular complexity index is 722. The van der Waals surface area contributed by atoms with E-state index in [1.807, 2.05) is 0 Å². The first-order valence-corrected chi connectivity index (χ1v) is 6.52. The molecule has 0 saturated heterocycles. The van der Waals surface area contributed by atoms with E-state index in [0.29, 0.717) is 10.9 Å². The molecule has 112 valence electrons. The number of carboxylic acid groups (broad SMARTS) is 1. The number of pyridine rings is 1. The second-order valence-corrected chi connectivity index (χ2v) is 4.79. The highest BCUT2D eigenvalue weighted by molar-refractivity contribution is 5.92. The van der Waals surface area contributed by atoms with Gasteiger partial charge in [-0.3, -0.25) is 4.79 Å². The lowest BCUT2D eigenvalue weighted by Crippen LogP contribution is -2.29. The predicted molar refractivity (Wildman–Crippen MR) is 77.8 cm³/mol. The van der Waals surface area contributed by atoms with Gasteiger partial charge >= 0.3 is 5.97 Å². The molecule has 6 nitrogen and oxygen atoms in total. The number of para-hydroxylation sites is 1. The molecule has 0 bridgehead atoms. The summed E-state index contributed by atoms with van der Waals surface area (Å²) in [5.41, 5.74) is -0.290. The number of aromatic carboxylic acids is 1. The molecule has 0 aliphatic heterocycles. The Kier molecular flexibility index (Phi) is 4.40. The molecule has 21 heavy (non-hydrogen) atoms. The fourth-order valence-corrected chi connectivity index (χ4v) is 2.35. The van der Waals surface area contributed by atoms with Gasteiger partial charge in [0.15, 0.2) is 0 Å². The Labute approximate surface area is 121 Å². The van der Waals surface area contributed by atoms with Gasteiger partial charge in [-0.1, -0.05) is 12.1 Å². The van der Waals surface area contributed by atoms with E-state index in [9.17, 15) is 19.8 Å². The standard InChI is InChI=1S/C15H17NO5/c1-9(21-2)13(8-17)16-7-11(15(19)20)14(18)10-5-3-4-6-12(10)16/h3-7,9,13,17H,8H2,1-2H3,(H,19,20)/t9-,13-/m1/s1. The number of nitrogens with zero attached hydrogens (tertiary/aromatic N) is 1. The fourth-order valence-electron chi connectivity index (χ4n) is 2.35. The molecule has 0 radical (unpaired) electrons. The normalized spacial score (nSPS) is 14.0. The monoisotopic (exact) mass is 291 g/mol. The van der Waals surface area contributed by atoms with E-state index in [-0.39, 0.29) is 18.3 Å². The van der Waals surface area contributed by atoms with Crippen LogP contribution in [0.15, 0.2) is 35.3 Å². The number of fused-ring (bicyclic) bond motifs is 1. The van der Waals surface area contributed by atoms with E-state index in [1.54, 1.807) is 35.8 Å². The number of aliphatic hydroxyl groups excluding tert-OH is 1. The zero-order valence-corrected chi connectivity index (χ0v) is 11.8. The number of benzene rings is 1. The Morgan fingerprint density at radius 1 is 1.38 bits per heavy atom. The lowest BCUT2D eigenvalue weighted by atomic mass is 10.1. The first kappa shape index (κ1) is 15.2. The third kappa shape index (κ3) is 2.68. The van der Waals surface area contributed by atoms with Crippen molar-refractivity contribution >= 4 is 16.9 Å². The number of rotatable bonds is 5. The van der Waals surface area contributed by atoms with Crippen LogP contribution in [-0.2, 0) is 4.74 Å². The minimum atomic E-state index is -1.29. The van der Waals surface area contributed by atoms with Crippen molar-refractivity contribution in [1.82, 2.24) is 4.57 Å². The maximum Gasteiger partial charge on any atom is 0.341 e. The lowest BCUT2D eigenvalue weighted by Gasteiger charge is -2.26. The average molecular weight is 291 g/mol. The second kappa shape index (κ2) is 6.07. The molecule has 2 rings (SSSR count). The van der Waals surface area contributed by atoms with Gasteiger partial charge in [0.05, 0.1) is 24.3 Å². The van der Waals surface area contributed by atoms with Gasteiger partial charge in [0.25, 0.3) is 0 Å². The number of hydrogen-bond donors (Lipinski definition) is 2. The fraction of sp³-hybridized carbons (Fsp3) is 0.333. The summed E-state index contributed by atoms with van der Waals surface area (Å²) in [6.07, 6.45) is 0.922. The minimum Gasteiger partial charge on any atom is -0.477 e. The van der Waals surface area contributed by atoms with Gasteiger partial charge in [0, 0.05) is 18.7 Å². The van der Waals surface area contributed by atoms with Crippen molar-refractivity contribution in [3.8, 4) is 0 Å². The quantitative estimate of drug-likeness (QED) is 0.866. The molecule has 0 aliphatic rings. The molecular weight excluding hydrogens is 274 g/mol. The van der Waals surface area contributed by atoms with Gasteiger partial charge < -0.3 is 19.5 Å². The topological polar surface area (TPSA) is 88.8 Å². The third-order valence-corrected chi connectivity index (χ3v) is 3.63. The number of aromatic nitrogens is 1. The number of ether oxygens (including phenoxy) is 1. The SMILES string of the molecule is CO[C@H](C)[C@@H](CO)n1cc(C(=O)O)c(=O)c2ccccc21. The van der Waals surface area contributed by atoms with E-state index in [2.05, 4.69) is 0 Å². The molecule has 2 aromatic rings. The molecular formula is C15H17NO5. The molecule has 0 aliphatic carbocycles. The summed E-state index contributed by atoms with van der Waals surface area (Å²) in [5, 5.41) is 19.1. The van der Waals surface area contributed by atoms with Crippen molar-refractivity contribution in [2.75, 3.05) is 13.7 Å². The van der Waals surface area contributed by atoms with E-state index in [1.165, 1.54) is 13.3 Å². The molecule has 1 aromatic carbocycles. The smallest absolute Gasteiger partial charge is 0.341 e. The molecule has 2 N–H and O–H groups in total. The summed E-state index contributed by atoms with van der Waals surface area (Å²) in [7, 11) is 1.51. The Morgan fingerprint density at radius 2 is 2.05 bits per heavy atom. The van der Waals surface area contributed by atoms with Crippen LogP contribution in [0.2, 0.25) is 0 Å². The zero-order chi connectivity index (χ0) is 15.6. The lowest BCUT2D eigenvalue weighted by molar-refractivity contribution is 0.0456. The van der Waals surface area contributed by atoms with Gasteiger partial charge in [0.1, 0.15) is 5.56 Å². The van der Waals surface area contributed by atoms with Gasteiger partial charge in [0.2, 0.25) is 5.43 Å². The third-order valence-electron chi connectivity index (χ3n) is 3.63. The van der Waals surface area contributed by atoms with Gasteiger partial charge in [-0.05, 0) is 19.1 Å². The van der Waals surface area contributed by atoms with Gasteiger partial charge in [-0.15, -0.1) is 0 Å². The number of aliphatic hydroxyl groups is 1. The summed E-state index contributed by atoms with van der Waals surface area (Å²) >= 11 is 0. The van der Waals surface area contributed by atoms with Crippen LogP contribution in [0, 0.1) is 0 Å². The molecule has 0 saturated carbocycles. The number of hydrogen-bond acceptors (Lipinski definition) is 4. The van der Waals surface area contributed by atoms with Crippen molar-refractivity contribution in [2.24, 2.45) is 0 Å². The van der Waals surface area contributed by atoms with E-state index in [0.717, 1.165) is 0 Å². The summed E-state index contributed by atoms with van der Waals surface area (Å²) in [5.74, 6) is -1.29. The summed E-state index contributed by atoms with van der Waals surface area (Å²) < 4.78 is 6.82. The molecule has 6 heteroatoms. The number of carboxylic acids is 1. The molecule has 1 aromatic heterocycles. The molecule has 0 fully saturated rings. The van der Waals surface area contributed by atoms with Crippen LogP contribution >= 0.6 is 0 Å². The van der Waals surface area contributed by atoms with Crippen molar-refractivity contribution in [1.29, 1.82) is 0 Å². The number of carbonyl (C=O) groups is 1. The summed E-state index contributed by atoms with van der Waals surface area (Å²) in [6.45, 7) is 1.54. The first-order valence-electron chi connectivity index (χ1n) is 6.52. The van der Waals surface area contributed by atoms with Crippen LogP contribution in [0.25, 0.3) is 10.9 Å². The maximum atomic E-state index is 12.2. The number of methoxy groups -OCH3 is 1. The Hall–Kier alpha value is -2.18. The largest absolute Gasteiger partial charge is 0.477 e. The van der Waals surface area contributed by atoms with E-state index < -0.39 is 17.4 Å². The van der Waals surface area contributed by atoms with Crippen LogP contribution in [0.5, 0.6) is 0 Å². The van der Waals surface area contributed by atoms with Crippen molar-refractivity contribution in [3.05, 3.63) is 46.2 Å². The van der Waals surface area contributed by atoms with Gasteiger partial charge in [-0.2, -0.15) is 0 Å². The minimum absolute atomic E-state index is 0.235. The molecule has 0 unspecified atom stereocenters. The molecule has 2 atom stereocenters. The van der Waals surface area contributed by atoms with Crippen molar-refractivity contribution < 1.29 is 19.7 Å². The molecule has 0 amide bonds. The second-order valence-electron chi connectivity index (χ2n) is 4.79. The highest BCUT2D eigenvalue weighted by Gasteiger charge is 2.22. The van der Waals surface area contributed by atoms with E-state index in [4.69, 9.17) is 4.74 Å². The molecule has 0 spiro atoms. The Morgan fingerprint density at radius 3 is 2.62 bits per heavy atom. The van der Waals surface area contributed by atoms with E-state index >= 15 is 0 Å². The van der Waals surface area contributed by atoms with Crippen LogP contribution in [0.4, 0.5) is 0 Å².